The monoisotopic (exact) mass is 973 g/mol. The molecule has 0 heterocycles. The molecule has 400 valence electrons. The van der Waals surface area contributed by atoms with Crippen molar-refractivity contribution in [3.8, 4) is 0 Å². The minimum absolute atomic E-state index is 0.0936. The average Bonchev–Trinajstić information content (AvgIpc) is 3.36. The van der Waals surface area contributed by atoms with E-state index >= 15 is 0 Å². The van der Waals surface area contributed by atoms with Crippen molar-refractivity contribution in [2.24, 2.45) is 0 Å². The molecule has 0 aromatic heterocycles. The SMILES string of the molecule is CC/C=C\C/C=C\C/C=C\C/C=C\C/C=C\CC(=O)OC(COC(=O)CCCCCCC/C=C\CCCCCCC)COC(=O)CCCCCCCCCCCCC/C=C\C/C=C\CCCCCCC. The van der Waals surface area contributed by atoms with E-state index in [4.69, 9.17) is 14.2 Å². The Morgan fingerprint density at radius 3 is 0.957 bits per heavy atom. The molecule has 0 saturated carbocycles. The minimum Gasteiger partial charge on any atom is -0.462 e. The Morgan fingerprint density at radius 2 is 0.600 bits per heavy atom. The Balaban J connectivity index is 4.42. The molecule has 0 aliphatic heterocycles. The molecule has 6 heteroatoms. The first-order valence-electron chi connectivity index (χ1n) is 29.2. The highest BCUT2D eigenvalue weighted by atomic mass is 16.6. The van der Waals surface area contributed by atoms with Crippen LogP contribution in [0.25, 0.3) is 0 Å². The maximum Gasteiger partial charge on any atom is 0.310 e. The largest absolute Gasteiger partial charge is 0.462 e. The summed E-state index contributed by atoms with van der Waals surface area (Å²) >= 11 is 0. The average molecular weight is 974 g/mol. The summed E-state index contributed by atoms with van der Waals surface area (Å²) in [5, 5.41) is 0. The van der Waals surface area contributed by atoms with E-state index in [-0.39, 0.29) is 31.6 Å². The number of carbonyl (C=O) groups is 3. The fourth-order valence-electron chi connectivity index (χ4n) is 7.95. The summed E-state index contributed by atoms with van der Waals surface area (Å²) in [6.45, 7) is 6.42. The highest BCUT2D eigenvalue weighted by molar-refractivity contribution is 5.72. The van der Waals surface area contributed by atoms with Gasteiger partial charge in [-0.25, -0.2) is 0 Å². The van der Waals surface area contributed by atoms with E-state index in [1.54, 1.807) is 6.08 Å². The van der Waals surface area contributed by atoms with Crippen LogP contribution in [-0.2, 0) is 28.6 Å². The van der Waals surface area contributed by atoms with Crippen LogP contribution in [-0.4, -0.2) is 37.2 Å². The second kappa shape index (κ2) is 57.9. The predicted molar refractivity (Wildman–Crippen MR) is 302 cm³/mol. The molecule has 0 aliphatic rings. The van der Waals surface area contributed by atoms with Crippen LogP contribution < -0.4 is 0 Å². The molecular weight excluding hydrogens is 865 g/mol. The van der Waals surface area contributed by atoms with Crippen LogP contribution in [0.5, 0.6) is 0 Å². The molecule has 0 radical (unpaired) electrons. The number of allylic oxidation sites excluding steroid dienone is 15. The molecule has 1 atom stereocenters. The fraction of sp³-hybridized carbons (Fsp3) is 0.703. The van der Waals surface area contributed by atoms with Crippen molar-refractivity contribution in [3.63, 3.8) is 0 Å². The number of hydrogen-bond donors (Lipinski definition) is 0. The van der Waals surface area contributed by atoms with Gasteiger partial charge in [-0.15, -0.1) is 0 Å². The summed E-state index contributed by atoms with van der Waals surface area (Å²) in [4.78, 5) is 38.1. The van der Waals surface area contributed by atoms with E-state index in [1.165, 1.54) is 141 Å². The van der Waals surface area contributed by atoms with E-state index in [9.17, 15) is 14.4 Å². The quantitative estimate of drug-likeness (QED) is 0.0262. The lowest BCUT2D eigenvalue weighted by Gasteiger charge is -2.18. The zero-order chi connectivity index (χ0) is 50.7. The number of ether oxygens (including phenoxy) is 3. The van der Waals surface area contributed by atoms with Crippen molar-refractivity contribution in [3.05, 3.63) is 97.2 Å². The number of unbranched alkanes of at least 4 members (excludes halogenated alkanes) is 26. The molecule has 0 saturated heterocycles. The highest BCUT2D eigenvalue weighted by Gasteiger charge is 2.19. The molecule has 0 aromatic carbocycles. The van der Waals surface area contributed by atoms with Gasteiger partial charge in [-0.05, 0) is 103 Å². The molecule has 0 rings (SSSR count). The molecule has 0 amide bonds. The van der Waals surface area contributed by atoms with Gasteiger partial charge < -0.3 is 14.2 Å². The lowest BCUT2D eigenvalue weighted by Crippen LogP contribution is -2.30. The first-order chi connectivity index (χ1) is 34.5. The van der Waals surface area contributed by atoms with Crippen LogP contribution in [0.2, 0.25) is 0 Å². The predicted octanol–water partition coefficient (Wildman–Crippen LogP) is 19.7. The Labute approximate surface area is 432 Å². The maximum absolute atomic E-state index is 12.8. The van der Waals surface area contributed by atoms with E-state index < -0.39 is 12.1 Å². The summed E-state index contributed by atoms with van der Waals surface area (Å²) in [6.07, 6.45) is 77.1. The Kier molecular flexibility index (Phi) is 54.9. The Morgan fingerprint density at radius 1 is 0.314 bits per heavy atom. The number of rotatable bonds is 52. The zero-order valence-electron chi connectivity index (χ0n) is 45.8. The van der Waals surface area contributed by atoms with Crippen LogP contribution in [0, 0.1) is 0 Å². The lowest BCUT2D eigenvalue weighted by atomic mass is 10.0. The summed E-state index contributed by atoms with van der Waals surface area (Å²) in [6, 6.07) is 0. The third-order valence-electron chi connectivity index (χ3n) is 12.3. The summed E-state index contributed by atoms with van der Waals surface area (Å²) in [5.41, 5.74) is 0. The molecule has 1 unspecified atom stereocenters. The summed E-state index contributed by atoms with van der Waals surface area (Å²) in [7, 11) is 0. The fourth-order valence-corrected chi connectivity index (χ4v) is 7.95. The molecule has 6 nitrogen and oxygen atoms in total. The van der Waals surface area contributed by atoms with Crippen molar-refractivity contribution in [1.82, 2.24) is 0 Å². The Hall–Kier alpha value is -3.67. The Bertz CT molecular complexity index is 1400. The number of carbonyl (C=O) groups excluding carboxylic acids is 3. The topological polar surface area (TPSA) is 78.9 Å². The van der Waals surface area contributed by atoms with Gasteiger partial charge in [-0.2, -0.15) is 0 Å². The summed E-state index contributed by atoms with van der Waals surface area (Å²) < 4.78 is 16.7. The normalized spacial score (nSPS) is 12.8. The zero-order valence-corrected chi connectivity index (χ0v) is 45.8. The van der Waals surface area contributed by atoms with E-state index in [2.05, 4.69) is 106 Å². The third kappa shape index (κ3) is 55.3. The number of hydrogen-bond acceptors (Lipinski definition) is 6. The van der Waals surface area contributed by atoms with Gasteiger partial charge in [0.1, 0.15) is 13.2 Å². The summed E-state index contributed by atoms with van der Waals surface area (Å²) in [5.74, 6) is -1.06. The van der Waals surface area contributed by atoms with Crippen molar-refractivity contribution in [1.29, 1.82) is 0 Å². The van der Waals surface area contributed by atoms with Gasteiger partial charge >= 0.3 is 17.9 Å². The van der Waals surface area contributed by atoms with Gasteiger partial charge in [0.2, 0.25) is 0 Å². The lowest BCUT2D eigenvalue weighted by molar-refractivity contribution is -0.166. The molecule has 0 N–H and O–H groups in total. The molecule has 0 aromatic rings. The minimum atomic E-state index is -0.837. The first-order valence-corrected chi connectivity index (χ1v) is 29.2. The first kappa shape index (κ1) is 66.3. The highest BCUT2D eigenvalue weighted by Crippen LogP contribution is 2.15. The van der Waals surface area contributed by atoms with Crippen molar-refractivity contribution < 1.29 is 28.6 Å². The van der Waals surface area contributed by atoms with Crippen molar-refractivity contribution in [2.45, 2.75) is 277 Å². The molecule has 70 heavy (non-hydrogen) atoms. The van der Waals surface area contributed by atoms with Gasteiger partial charge in [0.05, 0.1) is 6.42 Å². The van der Waals surface area contributed by atoms with Crippen LogP contribution >= 0.6 is 0 Å². The third-order valence-corrected chi connectivity index (χ3v) is 12.3. The van der Waals surface area contributed by atoms with E-state index in [0.29, 0.717) is 12.8 Å². The van der Waals surface area contributed by atoms with Gasteiger partial charge in [0.15, 0.2) is 6.10 Å². The van der Waals surface area contributed by atoms with Crippen LogP contribution in [0.15, 0.2) is 97.2 Å². The van der Waals surface area contributed by atoms with Crippen LogP contribution in [0.1, 0.15) is 271 Å². The second-order valence-electron chi connectivity index (χ2n) is 19.2. The van der Waals surface area contributed by atoms with Crippen molar-refractivity contribution in [2.75, 3.05) is 13.2 Å². The van der Waals surface area contributed by atoms with Gasteiger partial charge in [0, 0.05) is 12.8 Å². The maximum atomic E-state index is 12.8. The molecule has 0 spiro atoms. The van der Waals surface area contributed by atoms with Gasteiger partial charge in [-0.3, -0.25) is 14.4 Å². The van der Waals surface area contributed by atoms with Crippen molar-refractivity contribution >= 4 is 17.9 Å². The molecule has 0 bridgehead atoms. The van der Waals surface area contributed by atoms with Gasteiger partial charge in [-0.1, -0.05) is 246 Å². The molecule has 0 fully saturated rings. The van der Waals surface area contributed by atoms with Crippen LogP contribution in [0.3, 0.4) is 0 Å². The van der Waals surface area contributed by atoms with Crippen LogP contribution in [0.4, 0.5) is 0 Å². The van der Waals surface area contributed by atoms with Gasteiger partial charge in [0.25, 0.3) is 0 Å². The second-order valence-corrected chi connectivity index (χ2v) is 19.2. The standard InChI is InChI=1S/C64H108O6/c1-4-7-10-13-16-19-22-25-28-29-30-31-32-33-34-35-37-39-42-45-48-51-54-57-63(66)69-60-61(59-68-62(65)56-53-50-47-44-41-38-27-24-21-18-15-12-9-6-3)70-64(67)58-55-52-49-46-43-40-36-26-23-20-17-14-11-8-5-2/h8,11,17,20,22,24-27,29-30,36,43,46,52,55,61H,4-7,9-10,12-16,18-19,21,23,28,31-35,37-42,44-45,47-51,53-54,56-60H2,1-3H3/b11-8-,20-17-,25-22-,27-24-,30-29-,36-26-,46-43-,55-52-. The smallest absolute Gasteiger partial charge is 0.310 e. The van der Waals surface area contributed by atoms with E-state index in [0.717, 1.165) is 89.9 Å². The van der Waals surface area contributed by atoms with E-state index in [1.807, 2.05) is 6.08 Å². The molecular formula is C64H108O6. The number of esters is 3. The molecule has 0 aliphatic carbocycles.